The second-order valence-electron chi connectivity index (χ2n) is 7.38. The van der Waals surface area contributed by atoms with Gasteiger partial charge in [-0.25, -0.2) is 9.59 Å². The molecule has 8 nitrogen and oxygen atoms in total. The Morgan fingerprint density at radius 1 is 0.676 bits per heavy atom. The van der Waals surface area contributed by atoms with E-state index in [1.807, 2.05) is 0 Å². The number of benzene rings is 2. The van der Waals surface area contributed by atoms with Crippen LogP contribution in [-0.4, -0.2) is 50.1 Å². The average Bonchev–Trinajstić information content (AvgIpc) is 2.85. The van der Waals surface area contributed by atoms with Crippen LogP contribution >= 0.6 is 0 Å². The van der Waals surface area contributed by atoms with E-state index in [2.05, 4.69) is 20.1 Å². The fraction of sp³-hybridized carbons (Fsp3) is 0.231. The Bertz CT molecular complexity index is 1020. The van der Waals surface area contributed by atoms with E-state index < -0.39 is 24.0 Å². The maximum atomic E-state index is 13.0. The molecule has 178 valence electrons. The summed E-state index contributed by atoms with van der Waals surface area (Å²) in [4.78, 5) is 48.6. The summed E-state index contributed by atoms with van der Waals surface area (Å²) < 4.78 is 9.12. The Hall–Kier alpha value is -4.20. The molecule has 34 heavy (non-hydrogen) atoms. The van der Waals surface area contributed by atoms with Crippen LogP contribution in [0.25, 0.3) is 11.1 Å². The van der Waals surface area contributed by atoms with Crippen molar-refractivity contribution in [2.75, 3.05) is 14.2 Å². The molecule has 0 aromatic heterocycles. The molecular formula is C26H28N2O6. The fourth-order valence-electron chi connectivity index (χ4n) is 3.08. The molecular weight excluding hydrogens is 436 g/mol. The van der Waals surface area contributed by atoms with E-state index in [4.69, 9.17) is 0 Å². The van der Waals surface area contributed by atoms with Crippen LogP contribution in [0.15, 0.2) is 72.8 Å². The van der Waals surface area contributed by atoms with Gasteiger partial charge in [0, 0.05) is 35.4 Å². The maximum absolute atomic E-state index is 13.0. The quantitative estimate of drug-likeness (QED) is 0.436. The van der Waals surface area contributed by atoms with Gasteiger partial charge in [0.15, 0.2) is 0 Å². The molecule has 0 aliphatic heterocycles. The smallest absolute Gasteiger partial charge is 0.330 e. The lowest BCUT2D eigenvalue weighted by Crippen LogP contribution is -2.32. The highest BCUT2D eigenvalue weighted by Gasteiger charge is 2.19. The molecule has 2 N–H and O–H groups in total. The van der Waals surface area contributed by atoms with Gasteiger partial charge >= 0.3 is 11.9 Å². The molecule has 2 atom stereocenters. The van der Waals surface area contributed by atoms with E-state index in [1.165, 1.54) is 38.5 Å². The number of esters is 2. The minimum atomic E-state index is -0.517. The number of hydrogen-bond acceptors (Lipinski definition) is 6. The molecule has 0 spiro atoms. The van der Waals surface area contributed by atoms with Crippen LogP contribution in [0, 0.1) is 0 Å². The number of rotatable bonds is 9. The number of methoxy groups -OCH3 is 2. The van der Waals surface area contributed by atoms with Gasteiger partial charge in [-0.05, 0) is 37.1 Å². The highest BCUT2D eigenvalue weighted by atomic mass is 16.5. The first-order valence-electron chi connectivity index (χ1n) is 10.6. The Balaban J connectivity index is 2.29. The van der Waals surface area contributed by atoms with Gasteiger partial charge in [-0.3, -0.25) is 9.59 Å². The minimum Gasteiger partial charge on any atom is -0.466 e. The maximum Gasteiger partial charge on any atom is 0.330 e. The summed E-state index contributed by atoms with van der Waals surface area (Å²) in [5, 5.41) is 5.63. The predicted molar refractivity (Wildman–Crippen MR) is 128 cm³/mol. The summed E-state index contributed by atoms with van der Waals surface area (Å²) >= 11 is 0. The molecule has 0 aliphatic carbocycles. The summed E-state index contributed by atoms with van der Waals surface area (Å²) in [6.07, 6.45) is 5.53. The molecule has 2 amide bonds. The van der Waals surface area contributed by atoms with Crippen LogP contribution in [0.1, 0.15) is 34.6 Å². The van der Waals surface area contributed by atoms with E-state index in [-0.39, 0.29) is 11.8 Å². The first kappa shape index (κ1) is 26.1. The molecule has 2 aromatic rings. The highest BCUT2D eigenvalue weighted by Crippen LogP contribution is 2.27. The number of amides is 2. The van der Waals surface area contributed by atoms with E-state index in [9.17, 15) is 19.2 Å². The van der Waals surface area contributed by atoms with E-state index >= 15 is 0 Å². The van der Waals surface area contributed by atoms with Crippen LogP contribution < -0.4 is 10.6 Å². The van der Waals surface area contributed by atoms with Crippen molar-refractivity contribution >= 4 is 23.8 Å². The van der Waals surface area contributed by atoms with Crippen molar-refractivity contribution in [3.8, 4) is 11.1 Å². The third-order valence-electron chi connectivity index (χ3n) is 4.80. The Kier molecular flexibility index (Phi) is 9.76. The third-order valence-corrected chi connectivity index (χ3v) is 4.80. The lowest BCUT2D eigenvalue weighted by atomic mass is 9.94. The number of nitrogens with one attached hydrogen (secondary N) is 2. The lowest BCUT2D eigenvalue weighted by molar-refractivity contribution is -0.135. The molecule has 0 radical (unpaired) electrons. The molecule has 0 heterocycles. The van der Waals surface area contributed by atoms with Gasteiger partial charge in [0.1, 0.15) is 0 Å². The Morgan fingerprint density at radius 2 is 1.03 bits per heavy atom. The minimum absolute atomic E-state index is 0.359. The van der Waals surface area contributed by atoms with Gasteiger partial charge in [0.2, 0.25) is 0 Å². The summed E-state index contributed by atoms with van der Waals surface area (Å²) in [6, 6.07) is 13.0. The molecule has 2 rings (SSSR count). The SMILES string of the molecule is COC(=O)/C=C/[C@H](C)NC(=O)c1ccccc1-c1ccccc1C(=O)N[C@@H](C)/C=C/C(=O)OC. The van der Waals surface area contributed by atoms with Gasteiger partial charge in [-0.2, -0.15) is 0 Å². The normalized spacial score (nSPS) is 12.7. The van der Waals surface area contributed by atoms with Crippen LogP contribution in [0.3, 0.4) is 0 Å². The van der Waals surface area contributed by atoms with Crippen LogP contribution in [-0.2, 0) is 19.1 Å². The van der Waals surface area contributed by atoms with Crippen molar-refractivity contribution in [3.63, 3.8) is 0 Å². The summed E-state index contributed by atoms with van der Waals surface area (Å²) in [5.41, 5.74) is 1.90. The third kappa shape index (κ3) is 7.44. The van der Waals surface area contributed by atoms with E-state index in [0.29, 0.717) is 22.3 Å². The molecule has 0 saturated heterocycles. The number of ether oxygens (including phenoxy) is 2. The average molecular weight is 465 g/mol. The largest absolute Gasteiger partial charge is 0.466 e. The van der Waals surface area contributed by atoms with E-state index in [1.54, 1.807) is 62.4 Å². The monoisotopic (exact) mass is 464 g/mol. The van der Waals surface area contributed by atoms with Crippen molar-refractivity contribution < 1.29 is 28.7 Å². The topological polar surface area (TPSA) is 111 Å². The molecule has 0 saturated carbocycles. The van der Waals surface area contributed by atoms with Gasteiger partial charge in [-0.15, -0.1) is 0 Å². The zero-order valence-corrected chi connectivity index (χ0v) is 19.5. The summed E-state index contributed by atoms with van der Waals surface area (Å²) in [5.74, 6) is -1.75. The molecule has 0 unspecified atom stereocenters. The lowest BCUT2D eigenvalue weighted by Gasteiger charge is -2.16. The van der Waals surface area contributed by atoms with Gasteiger partial charge in [0.25, 0.3) is 11.8 Å². The van der Waals surface area contributed by atoms with Crippen molar-refractivity contribution in [1.29, 1.82) is 0 Å². The number of carbonyl (C=O) groups is 4. The molecule has 0 bridgehead atoms. The van der Waals surface area contributed by atoms with Crippen molar-refractivity contribution in [1.82, 2.24) is 10.6 Å². The van der Waals surface area contributed by atoms with Gasteiger partial charge in [0.05, 0.1) is 14.2 Å². The zero-order valence-electron chi connectivity index (χ0n) is 19.5. The van der Waals surface area contributed by atoms with Crippen LogP contribution in [0.4, 0.5) is 0 Å². The van der Waals surface area contributed by atoms with Crippen molar-refractivity contribution in [2.24, 2.45) is 0 Å². The Morgan fingerprint density at radius 3 is 1.38 bits per heavy atom. The van der Waals surface area contributed by atoms with Gasteiger partial charge in [-0.1, -0.05) is 48.6 Å². The van der Waals surface area contributed by atoms with Crippen molar-refractivity contribution in [3.05, 3.63) is 84.0 Å². The Labute approximate surface area is 198 Å². The number of carbonyl (C=O) groups excluding carboxylic acids is 4. The molecule has 2 aromatic carbocycles. The standard InChI is InChI=1S/C26H28N2O6/c1-17(13-15-23(29)33-3)27-25(31)21-11-7-5-9-19(21)20-10-6-8-12-22(20)26(32)28-18(2)14-16-24(30)34-4/h5-18H,1-4H3,(H,27,31)(H,28,32)/b15-13+,16-14+/t17-,18-/m0/s1. The second-order valence-corrected chi connectivity index (χ2v) is 7.38. The van der Waals surface area contributed by atoms with E-state index in [0.717, 1.165) is 0 Å². The zero-order chi connectivity index (χ0) is 25.1. The first-order valence-corrected chi connectivity index (χ1v) is 10.6. The van der Waals surface area contributed by atoms with Gasteiger partial charge < -0.3 is 20.1 Å². The highest BCUT2D eigenvalue weighted by molar-refractivity contribution is 6.06. The predicted octanol–water partition coefficient (Wildman–Crippen LogP) is 3.05. The molecule has 8 heteroatoms. The van der Waals surface area contributed by atoms with Crippen LogP contribution in [0.2, 0.25) is 0 Å². The second kappa shape index (κ2) is 12.7. The molecule has 0 fully saturated rings. The summed E-state index contributed by atoms with van der Waals surface area (Å²) in [6.45, 7) is 3.45. The first-order chi connectivity index (χ1) is 16.3. The van der Waals surface area contributed by atoms with Crippen molar-refractivity contribution in [2.45, 2.75) is 25.9 Å². The number of hydrogen-bond donors (Lipinski definition) is 2. The summed E-state index contributed by atoms with van der Waals surface area (Å²) in [7, 11) is 2.55. The molecule has 0 aliphatic rings. The van der Waals surface area contributed by atoms with Crippen LogP contribution in [0.5, 0.6) is 0 Å². The fourth-order valence-corrected chi connectivity index (χ4v) is 3.08.